The van der Waals surface area contributed by atoms with Crippen molar-refractivity contribution in [1.82, 2.24) is 49.3 Å². The van der Waals surface area contributed by atoms with Crippen LogP contribution in [0.4, 0.5) is 0 Å². The highest BCUT2D eigenvalue weighted by atomic mass is 16.5. The maximum absolute atomic E-state index is 9.14. The summed E-state index contributed by atoms with van der Waals surface area (Å²) in [5, 5.41) is 14.8. The van der Waals surface area contributed by atoms with E-state index < -0.39 is 0 Å². The van der Waals surface area contributed by atoms with E-state index >= 15 is 0 Å². The van der Waals surface area contributed by atoms with Crippen molar-refractivity contribution >= 4 is 44.1 Å². The standard InChI is InChI=1S/C18H20N6O.C13H15N5/c19-5-4-18(10-25-11-18)23-7-2-13(3-8-23)24-12-22-15-9-21-17-14(16(15)24)1-6-20-17;1-4-14-5-2-9(1)18-8-17-11-7-16-13-10(12(11)18)3-6-15-13/h1,6,9,12-13H,2-4,7-8,10-11H2,(H,20,21);3,6-9,14H,1-2,4-5H2,(H,15,16). The maximum atomic E-state index is 9.14. The Kier molecular flexibility index (Phi) is 6.58. The monoisotopic (exact) mass is 577 g/mol. The molecule has 0 spiro atoms. The van der Waals surface area contributed by atoms with Crippen LogP contribution >= 0.6 is 0 Å². The molecule has 0 aliphatic carbocycles. The van der Waals surface area contributed by atoms with Crippen LogP contribution in [0.15, 0.2) is 49.6 Å². The Morgan fingerprint density at radius 3 is 1.88 bits per heavy atom. The molecule has 12 heteroatoms. The summed E-state index contributed by atoms with van der Waals surface area (Å²) in [6, 6.07) is 7.49. The predicted octanol–water partition coefficient (Wildman–Crippen LogP) is 4.07. The maximum Gasteiger partial charge on any atom is 0.139 e. The van der Waals surface area contributed by atoms with E-state index in [-0.39, 0.29) is 5.54 Å². The molecule has 0 amide bonds. The third-order valence-electron chi connectivity index (χ3n) is 9.62. The second-order valence-corrected chi connectivity index (χ2v) is 12.0. The van der Waals surface area contributed by atoms with Gasteiger partial charge < -0.3 is 29.2 Å². The zero-order valence-corrected chi connectivity index (χ0v) is 24.0. The molecule has 12 nitrogen and oxygen atoms in total. The fraction of sp³-hybridized carbons (Fsp3) is 0.452. The van der Waals surface area contributed by atoms with Crippen LogP contribution in [0.1, 0.15) is 44.2 Å². The molecule has 6 aromatic heterocycles. The van der Waals surface area contributed by atoms with Crippen LogP contribution in [0.2, 0.25) is 0 Å². The lowest BCUT2D eigenvalue weighted by atomic mass is 9.88. The van der Waals surface area contributed by atoms with Crippen molar-refractivity contribution in [3.8, 4) is 6.07 Å². The summed E-state index contributed by atoms with van der Waals surface area (Å²) in [4.78, 5) is 26.7. The Bertz CT molecular complexity index is 1920. The average molecular weight is 578 g/mol. The number of nitrogens with zero attached hydrogens (tertiary/aromatic N) is 8. The number of fused-ring (bicyclic) bond motifs is 6. The van der Waals surface area contributed by atoms with Crippen LogP contribution in [-0.4, -0.2) is 88.9 Å². The van der Waals surface area contributed by atoms with E-state index in [1.165, 1.54) is 29.3 Å². The Morgan fingerprint density at radius 2 is 1.37 bits per heavy atom. The number of piperidine rings is 2. The van der Waals surface area contributed by atoms with Gasteiger partial charge in [-0.05, 0) is 50.9 Å². The van der Waals surface area contributed by atoms with Gasteiger partial charge in [0, 0.05) is 48.3 Å². The molecule has 0 radical (unpaired) electrons. The van der Waals surface area contributed by atoms with Gasteiger partial charge in [0.2, 0.25) is 0 Å². The number of nitriles is 1. The number of imidazole rings is 2. The number of pyridine rings is 2. The fourth-order valence-corrected chi connectivity index (χ4v) is 7.20. The number of likely N-dealkylation sites (tertiary alicyclic amines) is 1. The number of hydrogen-bond donors (Lipinski definition) is 3. The van der Waals surface area contributed by atoms with Gasteiger partial charge in [0.15, 0.2) is 0 Å². The first kappa shape index (κ1) is 26.3. The highest BCUT2D eigenvalue weighted by Crippen LogP contribution is 2.36. The van der Waals surface area contributed by atoms with Gasteiger partial charge in [-0.2, -0.15) is 5.26 Å². The topological polar surface area (TPSA) is 141 Å². The zero-order valence-electron chi connectivity index (χ0n) is 24.0. The van der Waals surface area contributed by atoms with E-state index in [9.17, 15) is 0 Å². The largest absolute Gasteiger partial charge is 0.377 e. The highest BCUT2D eigenvalue weighted by molar-refractivity contribution is 6.01. The van der Waals surface area contributed by atoms with Gasteiger partial charge in [-0.3, -0.25) is 4.90 Å². The number of rotatable bonds is 4. The number of H-pyrrole nitrogens is 2. The molecule has 3 N–H and O–H groups in total. The summed E-state index contributed by atoms with van der Waals surface area (Å²) < 4.78 is 10.1. The summed E-state index contributed by atoms with van der Waals surface area (Å²) in [6.45, 7) is 5.55. The van der Waals surface area contributed by atoms with Crippen molar-refractivity contribution in [1.29, 1.82) is 5.26 Å². The summed E-state index contributed by atoms with van der Waals surface area (Å²) >= 11 is 0. The minimum atomic E-state index is -0.0471. The third kappa shape index (κ3) is 4.47. The summed E-state index contributed by atoms with van der Waals surface area (Å²) in [6.07, 6.45) is 16.5. The molecule has 0 bridgehead atoms. The molecular formula is C31H35N11O. The fourth-order valence-electron chi connectivity index (χ4n) is 7.20. The molecule has 9 rings (SSSR count). The SMILES string of the molecule is N#CCC1(N2CCC(n3cnc4cnc5[nH]ccc5c43)CC2)COC1.c1cc2c(ncc3ncn(C4CCNCC4)c32)[nH]1. The Morgan fingerprint density at radius 1 is 0.814 bits per heavy atom. The van der Waals surface area contributed by atoms with E-state index in [2.05, 4.69) is 67.5 Å². The number of aromatic amines is 2. The molecule has 9 heterocycles. The molecule has 43 heavy (non-hydrogen) atoms. The van der Waals surface area contributed by atoms with Gasteiger partial charge in [0.05, 0.1) is 67.3 Å². The van der Waals surface area contributed by atoms with Crippen molar-refractivity contribution in [2.45, 2.75) is 49.7 Å². The van der Waals surface area contributed by atoms with E-state index in [1.807, 2.05) is 37.4 Å². The molecule has 220 valence electrons. The molecule has 0 atom stereocenters. The third-order valence-corrected chi connectivity index (χ3v) is 9.62. The van der Waals surface area contributed by atoms with Crippen LogP contribution in [0.25, 0.3) is 44.1 Å². The highest BCUT2D eigenvalue weighted by Gasteiger charge is 2.45. The van der Waals surface area contributed by atoms with E-state index in [0.29, 0.717) is 31.7 Å². The van der Waals surface area contributed by atoms with E-state index in [4.69, 9.17) is 10.00 Å². The molecule has 3 aliphatic heterocycles. The number of nitrogens with one attached hydrogen (secondary N) is 3. The second kappa shape index (κ2) is 10.8. The molecule has 0 saturated carbocycles. The van der Waals surface area contributed by atoms with Crippen LogP contribution in [0, 0.1) is 11.3 Å². The molecule has 3 aliphatic rings. The molecule has 3 fully saturated rings. The smallest absolute Gasteiger partial charge is 0.139 e. The summed E-state index contributed by atoms with van der Waals surface area (Å²) in [5.74, 6) is 0. The van der Waals surface area contributed by atoms with Crippen molar-refractivity contribution in [2.75, 3.05) is 39.4 Å². The number of ether oxygens (including phenoxy) is 1. The average Bonchev–Trinajstić information content (AvgIpc) is 3.84. The van der Waals surface area contributed by atoms with Gasteiger partial charge in [-0.15, -0.1) is 0 Å². The first-order valence-corrected chi connectivity index (χ1v) is 15.2. The van der Waals surface area contributed by atoms with Gasteiger partial charge in [-0.1, -0.05) is 0 Å². The van der Waals surface area contributed by atoms with Gasteiger partial charge in [0.1, 0.15) is 22.3 Å². The van der Waals surface area contributed by atoms with Crippen molar-refractivity contribution < 1.29 is 4.74 Å². The minimum absolute atomic E-state index is 0.0471. The number of hydrogen-bond acceptors (Lipinski definition) is 8. The lowest BCUT2D eigenvalue weighted by Crippen LogP contribution is -2.63. The first-order chi connectivity index (χ1) is 21.2. The zero-order chi connectivity index (χ0) is 28.8. The Balaban J connectivity index is 0.000000136. The van der Waals surface area contributed by atoms with Crippen molar-refractivity contribution in [3.05, 3.63) is 49.6 Å². The van der Waals surface area contributed by atoms with E-state index in [0.717, 1.165) is 66.7 Å². The number of aromatic nitrogens is 8. The van der Waals surface area contributed by atoms with Crippen molar-refractivity contribution in [3.63, 3.8) is 0 Å². The molecule has 0 aromatic carbocycles. The summed E-state index contributed by atoms with van der Waals surface area (Å²) in [7, 11) is 0. The van der Waals surface area contributed by atoms with Gasteiger partial charge >= 0.3 is 0 Å². The minimum Gasteiger partial charge on any atom is -0.377 e. The molecular weight excluding hydrogens is 542 g/mol. The Labute approximate surface area is 248 Å². The van der Waals surface area contributed by atoms with Crippen LogP contribution in [-0.2, 0) is 4.74 Å². The van der Waals surface area contributed by atoms with Crippen LogP contribution in [0.3, 0.4) is 0 Å². The second-order valence-electron chi connectivity index (χ2n) is 12.0. The quantitative estimate of drug-likeness (QED) is 0.285. The van der Waals surface area contributed by atoms with Gasteiger partial charge in [0.25, 0.3) is 0 Å². The lowest BCUT2D eigenvalue weighted by Gasteiger charge is -2.51. The molecule has 0 unspecified atom stereocenters. The lowest BCUT2D eigenvalue weighted by molar-refractivity contribution is -0.145. The predicted molar refractivity (Wildman–Crippen MR) is 164 cm³/mol. The molecule has 6 aromatic rings. The normalized spacial score (nSPS) is 19.9. The van der Waals surface area contributed by atoms with E-state index in [1.54, 1.807) is 0 Å². The summed E-state index contributed by atoms with van der Waals surface area (Å²) in [5.41, 5.74) is 6.12. The van der Waals surface area contributed by atoms with Crippen molar-refractivity contribution in [2.24, 2.45) is 0 Å². The Hall–Kier alpha value is -4.31. The van der Waals surface area contributed by atoms with Crippen LogP contribution < -0.4 is 5.32 Å². The molecule has 3 saturated heterocycles. The van der Waals surface area contributed by atoms with Crippen LogP contribution in [0.5, 0.6) is 0 Å². The first-order valence-electron chi connectivity index (χ1n) is 15.2. The van der Waals surface area contributed by atoms with Gasteiger partial charge in [-0.25, -0.2) is 19.9 Å².